The van der Waals surface area contributed by atoms with Gasteiger partial charge in [0.15, 0.2) is 0 Å². The summed E-state index contributed by atoms with van der Waals surface area (Å²) >= 11 is 0. The summed E-state index contributed by atoms with van der Waals surface area (Å²) in [6.45, 7) is 5.23. The van der Waals surface area contributed by atoms with Gasteiger partial charge >= 0.3 is 12.1 Å². The van der Waals surface area contributed by atoms with Crippen molar-refractivity contribution in [2.75, 3.05) is 7.11 Å². The molecule has 7 heteroatoms. The zero-order valence-corrected chi connectivity index (χ0v) is 18.4. The molecular formula is C24H30N2O5. The van der Waals surface area contributed by atoms with Crippen LogP contribution in [0.25, 0.3) is 0 Å². The van der Waals surface area contributed by atoms with Crippen molar-refractivity contribution in [1.29, 1.82) is 0 Å². The molecule has 0 spiro atoms. The molecule has 0 fully saturated rings. The Morgan fingerprint density at radius 3 is 1.74 bits per heavy atom. The van der Waals surface area contributed by atoms with Gasteiger partial charge in [0.25, 0.3) is 0 Å². The van der Waals surface area contributed by atoms with Gasteiger partial charge in [-0.15, -0.1) is 0 Å². The maximum atomic E-state index is 13.1. The average Bonchev–Trinajstić information content (AvgIpc) is 2.72. The van der Waals surface area contributed by atoms with Gasteiger partial charge < -0.3 is 20.1 Å². The molecule has 0 aliphatic heterocycles. The Kier molecular flexibility index (Phi) is 8.61. The smallest absolute Gasteiger partial charge is 0.408 e. The maximum Gasteiger partial charge on any atom is 0.408 e. The van der Waals surface area contributed by atoms with Gasteiger partial charge in [-0.2, -0.15) is 0 Å². The largest absolute Gasteiger partial charge is 0.467 e. The molecule has 7 nitrogen and oxygen atoms in total. The number of rotatable bonds is 8. The summed E-state index contributed by atoms with van der Waals surface area (Å²) in [6.07, 6.45) is -0.198. The van der Waals surface area contributed by atoms with Gasteiger partial charge in [-0.3, -0.25) is 4.79 Å². The maximum absolute atomic E-state index is 13.1. The van der Waals surface area contributed by atoms with Crippen LogP contribution in [-0.2, 0) is 31.9 Å². The van der Waals surface area contributed by atoms with Crippen LogP contribution in [0, 0.1) is 0 Å². The lowest BCUT2D eigenvalue weighted by atomic mass is 10.0. The molecule has 2 aromatic carbocycles. The van der Waals surface area contributed by atoms with Crippen molar-refractivity contribution in [3.63, 3.8) is 0 Å². The first-order chi connectivity index (χ1) is 14.7. The molecule has 166 valence electrons. The highest BCUT2D eigenvalue weighted by Crippen LogP contribution is 2.10. The fourth-order valence-electron chi connectivity index (χ4n) is 2.97. The molecule has 2 amide bonds. The van der Waals surface area contributed by atoms with Gasteiger partial charge in [-0.25, -0.2) is 9.59 Å². The minimum atomic E-state index is -0.930. The second kappa shape index (κ2) is 11.2. The van der Waals surface area contributed by atoms with Crippen LogP contribution < -0.4 is 10.6 Å². The fraction of sp³-hybridized carbons (Fsp3) is 0.375. The van der Waals surface area contributed by atoms with Gasteiger partial charge in [-0.05, 0) is 31.9 Å². The van der Waals surface area contributed by atoms with Crippen LogP contribution in [0.3, 0.4) is 0 Å². The Labute approximate surface area is 183 Å². The summed E-state index contributed by atoms with van der Waals surface area (Å²) in [5.74, 6) is -1.06. The van der Waals surface area contributed by atoms with E-state index < -0.39 is 35.7 Å². The van der Waals surface area contributed by atoms with Crippen LogP contribution in [0.15, 0.2) is 60.7 Å². The Hall–Kier alpha value is -3.35. The summed E-state index contributed by atoms with van der Waals surface area (Å²) in [6, 6.07) is 16.8. The van der Waals surface area contributed by atoms with Crippen molar-refractivity contribution in [3.05, 3.63) is 71.8 Å². The monoisotopic (exact) mass is 426 g/mol. The van der Waals surface area contributed by atoms with E-state index in [1.54, 1.807) is 20.8 Å². The van der Waals surface area contributed by atoms with Crippen molar-refractivity contribution in [2.45, 2.75) is 51.3 Å². The number of alkyl carbamates (subject to hydrolysis) is 1. The van der Waals surface area contributed by atoms with E-state index in [9.17, 15) is 14.4 Å². The molecule has 0 radical (unpaired) electrons. The van der Waals surface area contributed by atoms with Crippen LogP contribution in [0.1, 0.15) is 31.9 Å². The molecule has 31 heavy (non-hydrogen) atoms. The minimum Gasteiger partial charge on any atom is -0.467 e. The second-order valence-corrected chi connectivity index (χ2v) is 8.16. The Morgan fingerprint density at radius 2 is 1.29 bits per heavy atom. The first kappa shape index (κ1) is 23.9. The van der Waals surface area contributed by atoms with Crippen molar-refractivity contribution in [1.82, 2.24) is 10.6 Å². The predicted octanol–water partition coefficient (Wildman–Crippen LogP) is 3.02. The van der Waals surface area contributed by atoms with Gasteiger partial charge in [0.05, 0.1) is 7.11 Å². The topological polar surface area (TPSA) is 93.7 Å². The van der Waals surface area contributed by atoms with Crippen LogP contribution in [-0.4, -0.2) is 42.8 Å². The lowest BCUT2D eigenvalue weighted by Gasteiger charge is -2.25. The lowest BCUT2D eigenvalue weighted by molar-refractivity contribution is -0.145. The first-order valence-electron chi connectivity index (χ1n) is 10.1. The highest BCUT2D eigenvalue weighted by atomic mass is 16.6. The summed E-state index contributed by atoms with van der Waals surface area (Å²) in [5.41, 5.74) is 1.02. The van der Waals surface area contributed by atoms with Crippen LogP contribution in [0.5, 0.6) is 0 Å². The van der Waals surface area contributed by atoms with E-state index in [1.807, 2.05) is 60.7 Å². The molecule has 0 aliphatic rings. The van der Waals surface area contributed by atoms with Crippen molar-refractivity contribution < 1.29 is 23.9 Å². The Morgan fingerprint density at radius 1 is 0.806 bits per heavy atom. The van der Waals surface area contributed by atoms with Crippen LogP contribution in [0.4, 0.5) is 4.79 Å². The molecule has 2 rings (SSSR count). The summed E-state index contributed by atoms with van der Waals surface area (Å²) in [7, 11) is 1.27. The van der Waals surface area contributed by atoms with Gasteiger partial charge in [0.1, 0.15) is 17.7 Å². The molecule has 2 N–H and O–H groups in total. The Bertz CT molecular complexity index is 863. The number of benzene rings is 2. The summed E-state index contributed by atoms with van der Waals surface area (Å²) in [4.78, 5) is 37.7. The predicted molar refractivity (Wildman–Crippen MR) is 117 cm³/mol. The lowest BCUT2D eigenvalue weighted by Crippen LogP contribution is -2.53. The Balaban J connectivity index is 2.17. The number of carbonyl (C=O) groups excluding carboxylic acids is 3. The normalized spacial score (nSPS) is 12.9. The van der Waals surface area contributed by atoms with Gasteiger partial charge in [0.2, 0.25) is 5.91 Å². The number of nitrogens with one attached hydrogen (secondary N) is 2. The van der Waals surface area contributed by atoms with Crippen LogP contribution in [0.2, 0.25) is 0 Å². The van der Waals surface area contributed by atoms with E-state index >= 15 is 0 Å². The summed E-state index contributed by atoms with van der Waals surface area (Å²) < 4.78 is 10.2. The number of esters is 1. The van der Waals surface area contributed by atoms with Gasteiger partial charge in [0, 0.05) is 12.8 Å². The van der Waals surface area contributed by atoms with E-state index in [1.165, 1.54) is 7.11 Å². The fourth-order valence-corrected chi connectivity index (χ4v) is 2.97. The highest BCUT2D eigenvalue weighted by Gasteiger charge is 2.29. The number of methoxy groups -OCH3 is 1. The molecule has 0 aliphatic carbocycles. The van der Waals surface area contributed by atoms with Crippen molar-refractivity contribution in [2.24, 2.45) is 0 Å². The second-order valence-electron chi connectivity index (χ2n) is 8.16. The van der Waals surface area contributed by atoms with Crippen molar-refractivity contribution >= 4 is 18.0 Å². The van der Waals surface area contributed by atoms with E-state index in [4.69, 9.17) is 9.47 Å². The third kappa shape index (κ3) is 8.50. The number of ether oxygens (including phenoxy) is 2. The van der Waals surface area contributed by atoms with E-state index in [0.29, 0.717) is 0 Å². The average molecular weight is 427 g/mol. The molecule has 0 saturated carbocycles. The number of amides is 2. The molecule has 2 atom stereocenters. The molecule has 0 bridgehead atoms. The van der Waals surface area contributed by atoms with E-state index in [-0.39, 0.29) is 12.8 Å². The van der Waals surface area contributed by atoms with Gasteiger partial charge in [-0.1, -0.05) is 60.7 Å². The molecular weight excluding hydrogens is 396 g/mol. The quantitative estimate of drug-likeness (QED) is 0.633. The van der Waals surface area contributed by atoms with Crippen molar-refractivity contribution in [3.8, 4) is 0 Å². The van der Waals surface area contributed by atoms with Crippen LogP contribution >= 0.6 is 0 Å². The highest BCUT2D eigenvalue weighted by molar-refractivity contribution is 5.90. The number of carbonyl (C=O) groups is 3. The molecule has 0 saturated heterocycles. The number of hydrogen-bond acceptors (Lipinski definition) is 5. The zero-order valence-electron chi connectivity index (χ0n) is 18.4. The summed E-state index contributed by atoms with van der Waals surface area (Å²) in [5, 5.41) is 5.34. The van der Waals surface area contributed by atoms with E-state index in [2.05, 4.69) is 10.6 Å². The molecule has 0 unspecified atom stereocenters. The first-order valence-corrected chi connectivity index (χ1v) is 10.1. The number of hydrogen-bond donors (Lipinski definition) is 2. The standard InChI is InChI=1S/C24H30N2O5/c1-24(2,3)31-23(29)26-19(15-17-11-7-5-8-12-17)21(27)25-20(22(28)30-4)16-18-13-9-6-10-14-18/h5-14,19-20H,15-16H2,1-4H3,(H,25,27)(H,26,29)/t19-,20-/m1/s1. The SMILES string of the molecule is COC(=O)[C@@H](Cc1ccccc1)NC(=O)[C@@H](Cc1ccccc1)NC(=O)OC(C)(C)C. The van der Waals surface area contributed by atoms with E-state index in [0.717, 1.165) is 11.1 Å². The third-order valence-electron chi connectivity index (χ3n) is 4.37. The molecule has 2 aromatic rings. The molecule has 0 heterocycles. The third-order valence-corrected chi connectivity index (χ3v) is 4.37. The molecule has 0 aromatic heterocycles. The zero-order chi connectivity index (χ0) is 22.9. The minimum absolute atomic E-state index is 0.241.